The van der Waals surface area contributed by atoms with Gasteiger partial charge in [0.25, 0.3) is 0 Å². The van der Waals surface area contributed by atoms with Gasteiger partial charge in [-0.25, -0.2) is 4.99 Å². The van der Waals surface area contributed by atoms with E-state index in [1.807, 2.05) is 67.6 Å². The Bertz CT molecular complexity index is 768. The number of thioether (sulfide) groups is 2. The van der Waals surface area contributed by atoms with Crippen molar-refractivity contribution in [1.29, 1.82) is 0 Å². The molecule has 1 aliphatic rings. The summed E-state index contributed by atoms with van der Waals surface area (Å²) in [6.45, 7) is 2.59. The second-order valence-corrected chi connectivity index (χ2v) is 7.55. The predicted molar refractivity (Wildman–Crippen MR) is 103 cm³/mol. The van der Waals surface area contributed by atoms with Crippen LogP contribution in [0.3, 0.4) is 0 Å². The van der Waals surface area contributed by atoms with E-state index in [1.54, 1.807) is 11.8 Å². The van der Waals surface area contributed by atoms with E-state index in [4.69, 9.17) is 4.74 Å². The van der Waals surface area contributed by atoms with Crippen LogP contribution in [0.2, 0.25) is 0 Å². The van der Waals surface area contributed by atoms with Crippen molar-refractivity contribution in [3.63, 3.8) is 0 Å². The fraction of sp³-hybridized carbons (Fsp3) is 0.158. The lowest BCUT2D eigenvalue weighted by atomic mass is 10.2. The lowest BCUT2D eigenvalue weighted by Crippen LogP contribution is -1.94. The summed E-state index contributed by atoms with van der Waals surface area (Å²) >= 11 is 2.80. The quantitative estimate of drug-likeness (QED) is 0.708. The van der Waals surface area contributed by atoms with Crippen LogP contribution in [0, 0.1) is 0 Å². The molecule has 0 saturated heterocycles. The van der Waals surface area contributed by atoms with Crippen LogP contribution >= 0.6 is 23.5 Å². The molecule has 3 nitrogen and oxygen atoms in total. The second-order valence-electron chi connectivity index (χ2n) is 5.07. The average molecular weight is 355 g/mol. The molecule has 0 saturated carbocycles. The fourth-order valence-corrected chi connectivity index (χ4v) is 3.87. The number of aliphatic imine (C=N–C) groups is 1. The predicted octanol–water partition coefficient (Wildman–Crippen LogP) is 4.99. The molecule has 0 fully saturated rings. The van der Waals surface area contributed by atoms with Crippen molar-refractivity contribution >= 4 is 39.1 Å². The molecule has 1 aliphatic heterocycles. The number of carbonyl (C=O) groups is 1. The number of rotatable bonds is 5. The summed E-state index contributed by atoms with van der Waals surface area (Å²) in [4.78, 5) is 16.3. The smallest absolute Gasteiger partial charge is 0.244 e. The molecule has 0 aliphatic carbocycles. The maximum atomic E-state index is 11.9. The number of ether oxygens (including phenoxy) is 1. The SMILES string of the molecule is CCSC1=N/C(=C\c2ccc(OCc3ccccc3)cc2)C(=O)S1. The first-order chi connectivity index (χ1) is 11.7. The molecule has 24 heavy (non-hydrogen) atoms. The Labute approximate surface area is 150 Å². The first-order valence-corrected chi connectivity index (χ1v) is 9.47. The van der Waals surface area contributed by atoms with E-state index in [-0.39, 0.29) is 5.12 Å². The maximum absolute atomic E-state index is 11.9. The van der Waals surface area contributed by atoms with Crippen molar-refractivity contribution in [2.75, 3.05) is 5.75 Å². The minimum absolute atomic E-state index is 0.00959. The van der Waals surface area contributed by atoms with Crippen LogP contribution in [-0.2, 0) is 11.4 Å². The molecule has 0 N–H and O–H groups in total. The molecule has 0 unspecified atom stereocenters. The Kier molecular flexibility index (Phi) is 5.77. The number of hydrogen-bond acceptors (Lipinski definition) is 5. The van der Waals surface area contributed by atoms with Crippen molar-refractivity contribution < 1.29 is 9.53 Å². The summed E-state index contributed by atoms with van der Waals surface area (Å²) in [6, 6.07) is 17.7. The van der Waals surface area contributed by atoms with E-state index in [9.17, 15) is 4.79 Å². The Morgan fingerprint density at radius 3 is 2.58 bits per heavy atom. The molecular formula is C19H17NO2S2. The molecule has 1 heterocycles. The summed E-state index contributed by atoms with van der Waals surface area (Å²) < 4.78 is 6.59. The van der Waals surface area contributed by atoms with Gasteiger partial charge in [0.2, 0.25) is 5.12 Å². The third-order valence-corrected chi connectivity index (χ3v) is 5.19. The average Bonchev–Trinajstić information content (AvgIpc) is 2.95. The van der Waals surface area contributed by atoms with Gasteiger partial charge < -0.3 is 4.74 Å². The first kappa shape index (κ1) is 16.9. The zero-order valence-electron chi connectivity index (χ0n) is 13.3. The van der Waals surface area contributed by atoms with Crippen LogP contribution in [0.25, 0.3) is 6.08 Å². The molecule has 0 atom stereocenters. The number of benzene rings is 2. The molecule has 122 valence electrons. The highest BCUT2D eigenvalue weighted by atomic mass is 32.2. The zero-order chi connectivity index (χ0) is 16.8. The normalized spacial score (nSPS) is 15.6. The zero-order valence-corrected chi connectivity index (χ0v) is 14.9. The van der Waals surface area contributed by atoms with Gasteiger partial charge in [0.1, 0.15) is 22.4 Å². The van der Waals surface area contributed by atoms with Crippen molar-refractivity contribution in [2.45, 2.75) is 13.5 Å². The Morgan fingerprint density at radius 1 is 1.12 bits per heavy atom. The maximum Gasteiger partial charge on any atom is 0.244 e. The summed E-state index contributed by atoms with van der Waals surface area (Å²) in [6.07, 6.45) is 1.82. The Balaban J connectivity index is 1.64. The summed E-state index contributed by atoms with van der Waals surface area (Å²) in [5.74, 6) is 1.72. The van der Waals surface area contributed by atoms with Crippen molar-refractivity contribution in [2.24, 2.45) is 4.99 Å². The summed E-state index contributed by atoms with van der Waals surface area (Å²) in [7, 11) is 0. The Hall–Kier alpha value is -1.98. The molecular weight excluding hydrogens is 338 g/mol. The number of carbonyl (C=O) groups excluding carboxylic acids is 1. The van der Waals surface area contributed by atoms with Crippen LogP contribution in [-0.4, -0.2) is 15.2 Å². The standard InChI is InChI=1S/C19H17NO2S2/c1-2-23-19-20-17(18(21)24-19)12-14-8-10-16(11-9-14)22-13-15-6-4-3-5-7-15/h3-12H,2,13H2,1H3/b17-12-. The highest BCUT2D eigenvalue weighted by Gasteiger charge is 2.21. The topological polar surface area (TPSA) is 38.7 Å². The van der Waals surface area contributed by atoms with Gasteiger partial charge in [-0.3, -0.25) is 4.79 Å². The third kappa shape index (κ3) is 4.52. The van der Waals surface area contributed by atoms with E-state index < -0.39 is 0 Å². The van der Waals surface area contributed by atoms with E-state index in [0.29, 0.717) is 12.3 Å². The van der Waals surface area contributed by atoms with Gasteiger partial charge in [-0.15, -0.1) is 0 Å². The van der Waals surface area contributed by atoms with Gasteiger partial charge in [-0.05, 0) is 46.9 Å². The van der Waals surface area contributed by atoms with Gasteiger partial charge in [-0.2, -0.15) is 0 Å². The number of nitrogens with zero attached hydrogens (tertiary/aromatic N) is 1. The van der Waals surface area contributed by atoms with Gasteiger partial charge in [0.15, 0.2) is 0 Å². The fourth-order valence-electron chi connectivity index (χ4n) is 2.13. The van der Waals surface area contributed by atoms with Crippen molar-refractivity contribution in [1.82, 2.24) is 0 Å². The molecule has 0 aromatic heterocycles. The molecule has 5 heteroatoms. The molecule has 0 bridgehead atoms. The van der Waals surface area contributed by atoms with Gasteiger partial charge >= 0.3 is 0 Å². The molecule has 0 amide bonds. The third-order valence-electron chi connectivity index (χ3n) is 3.30. The van der Waals surface area contributed by atoms with Crippen molar-refractivity contribution in [3.05, 3.63) is 71.4 Å². The lowest BCUT2D eigenvalue weighted by Gasteiger charge is -2.06. The molecule has 2 aromatic carbocycles. The van der Waals surface area contributed by atoms with Gasteiger partial charge in [-0.1, -0.05) is 61.2 Å². The van der Waals surface area contributed by atoms with Gasteiger partial charge in [0, 0.05) is 0 Å². The van der Waals surface area contributed by atoms with Crippen LogP contribution in [0.5, 0.6) is 5.75 Å². The molecule has 0 radical (unpaired) electrons. The highest BCUT2D eigenvalue weighted by Crippen LogP contribution is 2.31. The van der Waals surface area contributed by atoms with E-state index in [0.717, 1.165) is 27.0 Å². The highest BCUT2D eigenvalue weighted by molar-refractivity contribution is 8.45. The molecule has 3 rings (SSSR count). The van der Waals surface area contributed by atoms with Crippen LogP contribution < -0.4 is 4.74 Å². The summed E-state index contributed by atoms with van der Waals surface area (Å²) in [5.41, 5.74) is 2.58. The lowest BCUT2D eigenvalue weighted by molar-refractivity contribution is -0.107. The summed E-state index contributed by atoms with van der Waals surface area (Å²) in [5, 5.41) is 0.00959. The van der Waals surface area contributed by atoms with Crippen molar-refractivity contribution in [3.8, 4) is 5.75 Å². The molecule has 0 spiro atoms. The van der Waals surface area contributed by atoms with Crippen LogP contribution in [0.15, 0.2) is 65.3 Å². The first-order valence-electron chi connectivity index (χ1n) is 7.67. The molecule has 2 aromatic rings. The van der Waals surface area contributed by atoms with Crippen LogP contribution in [0.4, 0.5) is 0 Å². The van der Waals surface area contributed by atoms with E-state index >= 15 is 0 Å². The second kappa shape index (κ2) is 8.22. The monoisotopic (exact) mass is 355 g/mol. The van der Waals surface area contributed by atoms with Crippen LogP contribution in [0.1, 0.15) is 18.1 Å². The minimum Gasteiger partial charge on any atom is -0.489 e. The largest absolute Gasteiger partial charge is 0.489 e. The minimum atomic E-state index is 0.00959. The van der Waals surface area contributed by atoms with E-state index in [1.165, 1.54) is 11.8 Å². The van der Waals surface area contributed by atoms with E-state index in [2.05, 4.69) is 4.99 Å². The van der Waals surface area contributed by atoms with Gasteiger partial charge in [0.05, 0.1) is 0 Å². The number of hydrogen-bond donors (Lipinski definition) is 0. The Morgan fingerprint density at radius 2 is 1.88 bits per heavy atom.